The molecule has 4 heteroatoms. The van der Waals surface area contributed by atoms with Crippen LogP contribution in [0.1, 0.15) is 44.7 Å². The van der Waals surface area contributed by atoms with Crippen LogP contribution in [-0.2, 0) is 6.42 Å². The highest BCUT2D eigenvalue weighted by Gasteiger charge is 2.19. The van der Waals surface area contributed by atoms with Gasteiger partial charge < -0.3 is 4.42 Å². The van der Waals surface area contributed by atoms with Crippen LogP contribution in [0, 0.1) is 5.92 Å². The molecule has 2 rings (SSSR count). The summed E-state index contributed by atoms with van der Waals surface area (Å²) in [6, 6.07) is 0. The summed E-state index contributed by atoms with van der Waals surface area (Å²) in [5.41, 5.74) is 2.79. The third-order valence-electron chi connectivity index (χ3n) is 2.67. The van der Waals surface area contributed by atoms with Gasteiger partial charge in [-0.05, 0) is 34.8 Å². The maximum atomic E-state index is 5.32. The van der Waals surface area contributed by atoms with Gasteiger partial charge in [-0.3, -0.25) is 0 Å². The van der Waals surface area contributed by atoms with Crippen molar-refractivity contribution in [1.29, 1.82) is 0 Å². The molecular formula is C13H18N2OS. The fourth-order valence-electron chi connectivity index (χ4n) is 2.07. The number of hydrogen-bond acceptors (Lipinski definition) is 4. The van der Waals surface area contributed by atoms with Crippen LogP contribution in [0.15, 0.2) is 16.2 Å². The van der Waals surface area contributed by atoms with Gasteiger partial charge in [0.1, 0.15) is 0 Å². The van der Waals surface area contributed by atoms with Crippen LogP contribution in [0.5, 0.6) is 0 Å². The van der Waals surface area contributed by atoms with Crippen LogP contribution in [0.4, 0.5) is 0 Å². The molecule has 17 heavy (non-hydrogen) atoms. The zero-order valence-electron chi connectivity index (χ0n) is 10.7. The molecule has 0 aliphatic carbocycles. The number of rotatable bonds is 4. The minimum absolute atomic E-state index is 0.483. The van der Waals surface area contributed by atoms with E-state index in [1.165, 1.54) is 17.5 Å². The molecular weight excluding hydrogens is 232 g/mol. The molecule has 0 amide bonds. The minimum Gasteiger partial charge on any atom is -0.423 e. The summed E-state index contributed by atoms with van der Waals surface area (Å²) in [7, 11) is 0. The van der Waals surface area contributed by atoms with Gasteiger partial charge in [-0.2, -0.15) is 0 Å². The monoisotopic (exact) mass is 250 g/mol. The zero-order chi connectivity index (χ0) is 12.4. The highest BCUT2D eigenvalue weighted by molar-refractivity contribution is 7.13. The Morgan fingerprint density at radius 3 is 2.59 bits per heavy atom. The van der Waals surface area contributed by atoms with Crippen LogP contribution in [0.25, 0.3) is 10.8 Å². The summed E-state index contributed by atoms with van der Waals surface area (Å²) < 4.78 is 5.32. The van der Waals surface area contributed by atoms with Gasteiger partial charge in [0.05, 0.1) is 4.88 Å². The molecule has 0 aliphatic rings. The Morgan fingerprint density at radius 2 is 2.06 bits per heavy atom. The van der Waals surface area contributed by atoms with E-state index in [1.54, 1.807) is 11.3 Å². The quantitative estimate of drug-likeness (QED) is 0.819. The molecule has 0 saturated heterocycles. The predicted octanol–water partition coefficient (Wildman–Crippen LogP) is 4.12. The van der Waals surface area contributed by atoms with Gasteiger partial charge in [-0.1, -0.05) is 27.7 Å². The average Bonchev–Trinajstić information content (AvgIpc) is 2.82. The summed E-state index contributed by atoms with van der Waals surface area (Å²) in [4.78, 5) is 1.13. The number of hydrogen-bond donors (Lipinski definition) is 0. The standard InChI is InChI=1S/C13H18N2OS/c1-8(2)5-10-6-17-12(11(10)9(3)4)13-15-14-7-16-13/h6-9H,5H2,1-4H3. The minimum atomic E-state index is 0.483. The van der Waals surface area contributed by atoms with Crippen molar-refractivity contribution >= 4 is 11.3 Å². The lowest BCUT2D eigenvalue weighted by molar-refractivity contribution is 0.568. The average molecular weight is 250 g/mol. The van der Waals surface area contributed by atoms with Crippen molar-refractivity contribution in [3.63, 3.8) is 0 Å². The molecule has 0 radical (unpaired) electrons. The van der Waals surface area contributed by atoms with Crippen LogP contribution in [0.3, 0.4) is 0 Å². The van der Waals surface area contributed by atoms with Gasteiger partial charge in [0.2, 0.25) is 6.39 Å². The normalized spacial score (nSPS) is 11.6. The Morgan fingerprint density at radius 1 is 1.29 bits per heavy atom. The maximum Gasteiger partial charge on any atom is 0.257 e. The highest BCUT2D eigenvalue weighted by atomic mass is 32.1. The van der Waals surface area contributed by atoms with Crippen LogP contribution in [0.2, 0.25) is 0 Å². The first-order valence-electron chi connectivity index (χ1n) is 5.96. The molecule has 2 aromatic heterocycles. The molecule has 0 atom stereocenters. The first-order valence-corrected chi connectivity index (χ1v) is 6.84. The summed E-state index contributed by atoms with van der Waals surface area (Å²) in [5, 5.41) is 10.0. The molecule has 0 unspecified atom stereocenters. The van der Waals surface area contributed by atoms with Gasteiger partial charge in [-0.15, -0.1) is 21.5 Å². The lowest BCUT2D eigenvalue weighted by Gasteiger charge is -2.11. The third-order valence-corrected chi connectivity index (χ3v) is 3.70. The van der Waals surface area contributed by atoms with Crippen molar-refractivity contribution in [3.8, 4) is 10.8 Å². The van der Waals surface area contributed by atoms with E-state index >= 15 is 0 Å². The predicted molar refractivity (Wildman–Crippen MR) is 70.2 cm³/mol. The lowest BCUT2D eigenvalue weighted by atomic mass is 9.94. The summed E-state index contributed by atoms with van der Waals surface area (Å²) in [6.45, 7) is 8.92. The van der Waals surface area contributed by atoms with E-state index < -0.39 is 0 Å². The van der Waals surface area contributed by atoms with Gasteiger partial charge in [0.15, 0.2) is 0 Å². The second-order valence-electron chi connectivity index (χ2n) is 5.00. The second kappa shape index (κ2) is 5.00. The van der Waals surface area contributed by atoms with E-state index in [9.17, 15) is 0 Å². The van der Waals surface area contributed by atoms with E-state index in [1.807, 2.05) is 0 Å². The summed E-state index contributed by atoms with van der Waals surface area (Å²) in [6.07, 6.45) is 2.50. The van der Waals surface area contributed by atoms with E-state index in [0.29, 0.717) is 17.7 Å². The Hall–Kier alpha value is -1.16. The molecule has 0 fully saturated rings. The molecule has 0 bridgehead atoms. The van der Waals surface area contributed by atoms with Crippen molar-refractivity contribution < 1.29 is 4.42 Å². The van der Waals surface area contributed by atoms with E-state index in [4.69, 9.17) is 4.42 Å². The molecule has 2 heterocycles. The zero-order valence-corrected chi connectivity index (χ0v) is 11.5. The Bertz CT molecular complexity index is 472. The van der Waals surface area contributed by atoms with Crippen molar-refractivity contribution in [2.24, 2.45) is 5.92 Å². The SMILES string of the molecule is CC(C)Cc1csc(-c2nnco2)c1C(C)C. The first-order chi connectivity index (χ1) is 8.09. The number of nitrogens with zero attached hydrogens (tertiary/aromatic N) is 2. The topological polar surface area (TPSA) is 38.9 Å². The van der Waals surface area contributed by atoms with Gasteiger partial charge in [0.25, 0.3) is 5.89 Å². The molecule has 92 valence electrons. The van der Waals surface area contributed by atoms with E-state index in [-0.39, 0.29) is 0 Å². The van der Waals surface area contributed by atoms with Gasteiger partial charge in [-0.25, -0.2) is 0 Å². The summed E-state index contributed by atoms with van der Waals surface area (Å²) >= 11 is 1.71. The largest absolute Gasteiger partial charge is 0.423 e. The third kappa shape index (κ3) is 2.57. The van der Waals surface area contributed by atoms with E-state index in [2.05, 4.69) is 43.3 Å². The second-order valence-corrected chi connectivity index (χ2v) is 5.88. The number of thiophene rings is 1. The van der Waals surface area contributed by atoms with Crippen LogP contribution < -0.4 is 0 Å². The number of aromatic nitrogens is 2. The molecule has 0 N–H and O–H groups in total. The van der Waals surface area contributed by atoms with Crippen LogP contribution >= 0.6 is 11.3 Å². The smallest absolute Gasteiger partial charge is 0.257 e. The summed E-state index contributed by atoms with van der Waals surface area (Å²) in [5.74, 6) is 1.79. The van der Waals surface area contributed by atoms with Crippen molar-refractivity contribution in [2.75, 3.05) is 0 Å². The van der Waals surface area contributed by atoms with Crippen molar-refractivity contribution in [2.45, 2.75) is 40.0 Å². The van der Waals surface area contributed by atoms with Gasteiger partial charge in [0, 0.05) is 0 Å². The fourth-order valence-corrected chi connectivity index (χ4v) is 3.24. The Balaban J connectivity index is 2.43. The molecule has 0 spiro atoms. The molecule has 3 nitrogen and oxygen atoms in total. The molecule has 0 aromatic carbocycles. The highest BCUT2D eigenvalue weighted by Crippen LogP contribution is 2.37. The van der Waals surface area contributed by atoms with Crippen molar-refractivity contribution in [1.82, 2.24) is 10.2 Å². The van der Waals surface area contributed by atoms with Crippen LogP contribution in [-0.4, -0.2) is 10.2 Å². The van der Waals surface area contributed by atoms with Crippen molar-refractivity contribution in [3.05, 3.63) is 22.9 Å². The molecule has 0 aliphatic heterocycles. The Labute approximate surface area is 106 Å². The molecule has 0 saturated carbocycles. The Kier molecular flexibility index (Phi) is 3.62. The lowest BCUT2D eigenvalue weighted by Crippen LogP contribution is -1.99. The fraction of sp³-hybridized carbons (Fsp3) is 0.538. The van der Waals surface area contributed by atoms with E-state index in [0.717, 1.165) is 11.3 Å². The maximum absolute atomic E-state index is 5.32. The van der Waals surface area contributed by atoms with Gasteiger partial charge >= 0.3 is 0 Å². The first kappa shape index (κ1) is 12.3. The molecule has 2 aromatic rings.